The van der Waals surface area contributed by atoms with E-state index >= 15 is 0 Å². The summed E-state index contributed by atoms with van der Waals surface area (Å²) in [7, 11) is 0. The lowest BCUT2D eigenvalue weighted by Gasteiger charge is -2.58. The van der Waals surface area contributed by atoms with E-state index in [0.29, 0.717) is 24.0 Å². The van der Waals surface area contributed by atoms with Crippen molar-refractivity contribution in [2.45, 2.75) is 154 Å². The molecule has 3 saturated carbocycles. The molecule has 45 heavy (non-hydrogen) atoms. The zero-order valence-electron chi connectivity index (χ0n) is 28.9. The summed E-state index contributed by atoms with van der Waals surface area (Å²) in [5.41, 5.74) is 1.63. The number of rotatable bonds is 13. The van der Waals surface area contributed by atoms with E-state index in [0.717, 1.165) is 48.3 Å². The number of thiol groups is 1. The second kappa shape index (κ2) is 15.1. The number of ether oxygens (including phenoxy) is 4. The lowest BCUT2D eigenvalue weighted by atomic mass is 9.47. The van der Waals surface area contributed by atoms with Gasteiger partial charge in [-0.1, -0.05) is 65.5 Å². The van der Waals surface area contributed by atoms with Crippen molar-refractivity contribution in [1.29, 1.82) is 0 Å². The van der Waals surface area contributed by atoms with E-state index in [1.54, 1.807) is 12.5 Å². The van der Waals surface area contributed by atoms with Gasteiger partial charge >= 0.3 is 0 Å². The Balaban J connectivity index is 1.06. The van der Waals surface area contributed by atoms with Crippen LogP contribution in [0, 0.1) is 46.3 Å². The summed E-state index contributed by atoms with van der Waals surface area (Å²) >= 11 is 4.13. The van der Waals surface area contributed by atoms with Gasteiger partial charge in [0.2, 0.25) is 0 Å². The van der Waals surface area contributed by atoms with E-state index < -0.39 is 36.1 Å². The van der Waals surface area contributed by atoms with Gasteiger partial charge in [0, 0.05) is 0 Å². The molecule has 4 fully saturated rings. The molecule has 0 spiro atoms. The predicted molar refractivity (Wildman–Crippen MR) is 180 cm³/mol. The highest BCUT2D eigenvalue weighted by Crippen LogP contribution is 2.67. The van der Waals surface area contributed by atoms with Crippen molar-refractivity contribution in [1.82, 2.24) is 0 Å². The molecule has 0 amide bonds. The third kappa shape index (κ3) is 7.69. The molecular weight excluding hydrogens is 588 g/mol. The van der Waals surface area contributed by atoms with Crippen LogP contribution in [-0.4, -0.2) is 77.4 Å². The first kappa shape index (κ1) is 36.1. The number of fused-ring (bicyclic) bond motifs is 5. The first-order chi connectivity index (χ1) is 21.3. The first-order valence-electron chi connectivity index (χ1n) is 18.3. The summed E-state index contributed by atoms with van der Waals surface area (Å²) < 4.78 is 23.3. The van der Waals surface area contributed by atoms with Crippen LogP contribution in [0.2, 0.25) is 0 Å². The first-order valence-corrected chi connectivity index (χ1v) is 18.8. The van der Waals surface area contributed by atoms with Crippen LogP contribution < -0.4 is 0 Å². The number of hydrogen-bond donors (Lipinski definition) is 4. The maximum atomic E-state index is 10.2. The van der Waals surface area contributed by atoms with E-state index in [2.05, 4.69) is 53.3 Å². The van der Waals surface area contributed by atoms with Crippen molar-refractivity contribution in [3.63, 3.8) is 0 Å². The zero-order valence-corrected chi connectivity index (χ0v) is 29.8. The molecule has 1 saturated heterocycles. The third-order valence-corrected chi connectivity index (χ3v) is 13.7. The average Bonchev–Trinajstić information content (AvgIpc) is 3.36. The Kier molecular flexibility index (Phi) is 12.1. The van der Waals surface area contributed by atoms with Gasteiger partial charge in [-0.3, -0.25) is 0 Å². The van der Waals surface area contributed by atoms with Crippen LogP contribution in [0.1, 0.15) is 112 Å². The van der Waals surface area contributed by atoms with Gasteiger partial charge in [0.1, 0.15) is 29.9 Å². The van der Waals surface area contributed by atoms with Crippen LogP contribution in [0.15, 0.2) is 11.6 Å². The summed E-state index contributed by atoms with van der Waals surface area (Å²) in [5.74, 6) is 5.15. The van der Waals surface area contributed by atoms with Crippen molar-refractivity contribution in [2.75, 3.05) is 19.8 Å². The molecule has 14 atom stereocenters. The minimum atomic E-state index is -1.33. The quantitative estimate of drug-likeness (QED) is 0.0778. The fraction of sp³-hybridized carbons (Fsp3) is 0.946. The summed E-state index contributed by atoms with van der Waals surface area (Å²) in [4.78, 5) is 0. The third-order valence-electron chi connectivity index (χ3n) is 13.2. The molecule has 0 aromatic heterocycles. The van der Waals surface area contributed by atoms with Crippen LogP contribution in [0.25, 0.3) is 0 Å². The Morgan fingerprint density at radius 3 is 2.44 bits per heavy atom. The standard InChI is InChI=1S/C37H64O7S/c1-22(2)8-7-9-23(3)28-12-13-29-27-11-10-25-20-26(14-16-36(25,5)30(27)15-17-37(28,29)6)42-19-18-41-24(4)43-21-31-32(38)33(39)34(40)35(45)44-31/h10,22-24,26-35,38-40,45H,7-9,11-21H2,1-6H3/t23-,24?,26?,27+,28-,29+,30+,31-,32-,33+,34+,35+,36+,37-/m1/s1. The molecule has 1 heterocycles. The average molecular weight is 653 g/mol. The minimum absolute atomic E-state index is 0.0273. The summed E-state index contributed by atoms with van der Waals surface area (Å²) in [6, 6.07) is 0. The Bertz CT molecular complexity index is 992. The summed E-state index contributed by atoms with van der Waals surface area (Å²) in [6.07, 6.45) is 12.3. The highest BCUT2D eigenvalue weighted by Gasteiger charge is 2.59. The minimum Gasteiger partial charge on any atom is -0.387 e. The highest BCUT2D eigenvalue weighted by molar-refractivity contribution is 7.80. The molecule has 5 rings (SSSR count). The fourth-order valence-corrected chi connectivity index (χ4v) is 10.9. The molecule has 1 aliphatic heterocycles. The van der Waals surface area contributed by atoms with E-state index in [4.69, 9.17) is 18.9 Å². The van der Waals surface area contributed by atoms with Crippen molar-refractivity contribution < 1.29 is 34.3 Å². The van der Waals surface area contributed by atoms with Gasteiger partial charge in [0.25, 0.3) is 0 Å². The molecule has 7 nitrogen and oxygen atoms in total. The SMILES string of the molecule is CC(C)CCC[C@@H](C)[C@H]1CC[C@H]2[C@@H]3CC=C4CC(OCCOC(C)OC[C@H]5O[C@@H](S)[C@@H](O)[C@@H](O)[C@@H]5O)CC[C@]4(C)[C@H]3CC[C@]12C. The van der Waals surface area contributed by atoms with Crippen LogP contribution in [0.3, 0.4) is 0 Å². The van der Waals surface area contributed by atoms with Gasteiger partial charge in [-0.25, -0.2) is 0 Å². The van der Waals surface area contributed by atoms with Crippen molar-refractivity contribution in [2.24, 2.45) is 46.3 Å². The maximum Gasteiger partial charge on any atom is 0.155 e. The Morgan fingerprint density at radius 1 is 0.911 bits per heavy atom. The zero-order chi connectivity index (χ0) is 32.5. The Labute approximate surface area is 278 Å². The molecular formula is C37H64O7S. The lowest BCUT2D eigenvalue weighted by Crippen LogP contribution is -2.57. The Morgan fingerprint density at radius 2 is 1.69 bits per heavy atom. The van der Waals surface area contributed by atoms with Gasteiger partial charge in [0.15, 0.2) is 6.29 Å². The Hall–Kier alpha value is -0.190. The lowest BCUT2D eigenvalue weighted by molar-refractivity contribution is -0.228. The molecule has 0 radical (unpaired) electrons. The molecule has 0 aromatic carbocycles. The molecule has 4 aliphatic carbocycles. The van der Waals surface area contributed by atoms with Crippen molar-refractivity contribution in [3.8, 4) is 0 Å². The monoisotopic (exact) mass is 652 g/mol. The van der Waals surface area contributed by atoms with E-state index in [9.17, 15) is 15.3 Å². The predicted octanol–water partition coefficient (Wildman–Crippen LogP) is 6.53. The van der Waals surface area contributed by atoms with Gasteiger partial charge in [-0.15, -0.1) is 12.6 Å². The van der Waals surface area contributed by atoms with E-state index in [1.165, 1.54) is 57.8 Å². The normalized spacial score (nSPS) is 44.6. The highest BCUT2D eigenvalue weighted by atomic mass is 32.1. The van der Waals surface area contributed by atoms with E-state index in [1.807, 2.05) is 0 Å². The molecule has 0 bridgehead atoms. The topological polar surface area (TPSA) is 97.6 Å². The number of aliphatic hydroxyl groups excluding tert-OH is 3. The largest absolute Gasteiger partial charge is 0.387 e. The second-order valence-electron chi connectivity index (χ2n) is 16.3. The molecule has 8 heteroatoms. The van der Waals surface area contributed by atoms with Crippen LogP contribution in [-0.2, 0) is 18.9 Å². The molecule has 3 N–H and O–H groups in total. The smallest absolute Gasteiger partial charge is 0.155 e. The van der Waals surface area contributed by atoms with E-state index in [-0.39, 0.29) is 12.7 Å². The van der Waals surface area contributed by atoms with Crippen molar-refractivity contribution in [3.05, 3.63) is 11.6 Å². The van der Waals surface area contributed by atoms with Gasteiger partial charge in [-0.2, -0.15) is 0 Å². The molecule has 0 aromatic rings. The van der Waals surface area contributed by atoms with Gasteiger partial charge in [-0.05, 0) is 105 Å². The number of aliphatic hydroxyl groups is 3. The van der Waals surface area contributed by atoms with Gasteiger partial charge < -0.3 is 34.3 Å². The van der Waals surface area contributed by atoms with Crippen LogP contribution >= 0.6 is 12.6 Å². The van der Waals surface area contributed by atoms with Crippen LogP contribution in [0.4, 0.5) is 0 Å². The molecule has 5 aliphatic rings. The maximum absolute atomic E-state index is 10.2. The summed E-state index contributed by atoms with van der Waals surface area (Å²) in [5, 5.41) is 29.9. The molecule has 260 valence electrons. The number of hydrogen-bond acceptors (Lipinski definition) is 8. The fourth-order valence-electron chi connectivity index (χ4n) is 10.6. The van der Waals surface area contributed by atoms with Gasteiger partial charge in [0.05, 0.1) is 25.9 Å². The van der Waals surface area contributed by atoms with Crippen LogP contribution in [0.5, 0.6) is 0 Å². The molecule has 2 unspecified atom stereocenters. The van der Waals surface area contributed by atoms with Crippen molar-refractivity contribution >= 4 is 12.6 Å². The number of allylic oxidation sites excluding steroid dienone is 1. The summed E-state index contributed by atoms with van der Waals surface area (Å²) in [6.45, 7) is 15.3. The second-order valence-corrected chi connectivity index (χ2v) is 16.8.